The highest BCUT2D eigenvalue weighted by Gasteiger charge is 2.14. The molecule has 24 heavy (non-hydrogen) atoms. The minimum absolute atomic E-state index is 0.138. The zero-order valence-electron chi connectivity index (χ0n) is 13.5. The van der Waals surface area contributed by atoms with Gasteiger partial charge in [-0.15, -0.1) is 0 Å². The van der Waals surface area contributed by atoms with Crippen LogP contribution in [-0.2, 0) is 0 Å². The van der Waals surface area contributed by atoms with E-state index < -0.39 is 0 Å². The molecule has 0 bridgehead atoms. The van der Waals surface area contributed by atoms with Gasteiger partial charge in [-0.05, 0) is 41.3 Å². The fourth-order valence-corrected chi connectivity index (χ4v) is 2.55. The molecule has 0 spiro atoms. The second-order valence-corrected chi connectivity index (χ2v) is 5.22. The Morgan fingerprint density at radius 3 is 2.71 bits per heavy atom. The molecule has 0 radical (unpaired) electrons. The van der Waals surface area contributed by atoms with Crippen molar-refractivity contribution in [1.29, 1.82) is 0 Å². The van der Waals surface area contributed by atoms with Crippen molar-refractivity contribution in [2.24, 2.45) is 0 Å². The van der Waals surface area contributed by atoms with Crippen LogP contribution < -0.4 is 9.47 Å². The van der Waals surface area contributed by atoms with Crippen molar-refractivity contribution >= 4 is 22.6 Å². The van der Waals surface area contributed by atoms with Crippen molar-refractivity contribution in [3.05, 3.63) is 72.1 Å². The van der Waals surface area contributed by atoms with E-state index in [1.54, 1.807) is 43.7 Å². The second-order valence-electron chi connectivity index (χ2n) is 5.22. The van der Waals surface area contributed by atoms with Gasteiger partial charge in [-0.25, -0.2) is 0 Å². The van der Waals surface area contributed by atoms with E-state index in [1.165, 1.54) is 7.11 Å². The van der Waals surface area contributed by atoms with Gasteiger partial charge in [-0.1, -0.05) is 24.3 Å². The van der Waals surface area contributed by atoms with Gasteiger partial charge >= 0.3 is 0 Å². The molecule has 0 saturated heterocycles. The van der Waals surface area contributed by atoms with E-state index in [9.17, 15) is 4.79 Å². The zero-order valence-corrected chi connectivity index (χ0v) is 13.5. The molecule has 0 unspecified atom stereocenters. The van der Waals surface area contributed by atoms with Crippen LogP contribution in [0.2, 0.25) is 0 Å². The maximum absolute atomic E-state index is 12.5. The number of nitrogens with zero attached hydrogens (tertiary/aromatic N) is 1. The molecule has 0 aliphatic rings. The molecule has 4 nitrogen and oxygen atoms in total. The minimum atomic E-state index is -0.138. The van der Waals surface area contributed by atoms with E-state index in [2.05, 4.69) is 4.98 Å². The Labute approximate surface area is 140 Å². The number of allylic oxidation sites excluding steroid dienone is 1. The van der Waals surface area contributed by atoms with Crippen molar-refractivity contribution < 1.29 is 14.3 Å². The Bertz CT molecular complexity index is 916. The summed E-state index contributed by atoms with van der Waals surface area (Å²) in [5.41, 5.74) is 1.42. The largest absolute Gasteiger partial charge is 0.493 e. The average Bonchev–Trinajstić information content (AvgIpc) is 2.65. The summed E-state index contributed by atoms with van der Waals surface area (Å²) in [5, 5.41) is 2.15. The van der Waals surface area contributed by atoms with Gasteiger partial charge < -0.3 is 9.47 Å². The van der Waals surface area contributed by atoms with Crippen LogP contribution in [0.5, 0.6) is 11.5 Å². The second kappa shape index (κ2) is 6.96. The summed E-state index contributed by atoms with van der Waals surface area (Å²) in [6.07, 6.45) is 6.90. The van der Waals surface area contributed by atoms with Crippen LogP contribution in [0, 0.1) is 0 Å². The van der Waals surface area contributed by atoms with Gasteiger partial charge in [0.15, 0.2) is 17.3 Å². The number of hydrogen-bond acceptors (Lipinski definition) is 4. The third-order valence-corrected chi connectivity index (χ3v) is 3.76. The highest BCUT2D eigenvalue weighted by atomic mass is 16.5. The van der Waals surface area contributed by atoms with Gasteiger partial charge in [-0.2, -0.15) is 0 Å². The van der Waals surface area contributed by atoms with Gasteiger partial charge in [0.2, 0.25) is 0 Å². The van der Waals surface area contributed by atoms with Crippen LogP contribution in [0.4, 0.5) is 0 Å². The fourth-order valence-electron chi connectivity index (χ4n) is 2.55. The summed E-state index contributed by atoms with van der Waals surface area (Å²) in [5.74, 6) is 0.842. The third-order valence-electron chi connectivity index (χ3n) is 3.76. The lowest BCUT2D eigenvalue weighted by molar-refractivity contribution is 0.104. The first kappa shape index (κ1) is 15.7. The minimum Gasteiger partial charge on any atom is -0.493 e. The van der Waals surface area contributed by atoms with Gasteiger partial charge in [0.1, 0.15) is 0 Å². The molecule has 1 aromatic heterocycles. The topological polar surface area (TPSA) is 48.4 Å². The number of ketones is 1. The van der Waals surface area contributed by atoms with Crippen molar-refractivity contribution in [2.45, 2.75) is 0 Å². The number of pyridine rings is 1. The smallest absolute Gasteiger partial charge is 0.189 e. The Balaban J connectivity index is 1.89. The van der Waals surface area contributed by atoms with Crippen molar-refractivity contribution in [3.63, 3.8) is 0 Å². The molecule has 0 saturated carbocycles. The molecule has 0 aliphatic heterocycles. The SMILES string of the molecule is COc1cccc(C(=O)/C=C/c2ccc3cnccc3c2)c1OC. The highest BCUT2D eigenvalue weighted by Crippen LogP contribution is 2.31. The van der Waals surface area contributed by atoms with Crippen molar-refractivity contribution in [1.82, 2.24) is 4.98 Å². The molecule has 3 rings (SSSR count). The molecule has 0 amide bonds. The molecule has 2 aromatic carbocycles. The summed E-state index contributed by atoms with van der Waals surface area (Å²) in [6, 6.07) is 13.2. The van der Waals surface area contributed by atoms with Gasteiger partial charge in [-0.3, -0.25) is 9.78 Å². The molecule has 4 heteroatoms. The molecular formula is C20H17NO3. The average molecular weight is 319 g/mol. The number of ether oxygens (including phenoxy) is 2. The number of para-hydroxylation sites is 1. The number of methoxy groups -OCH3 is 2. The molecule has 0 N–H and O–H groups in total. The van der Waals surface area contributed by atoms with E-state index in [1.807, 2.05) is 30.5 Å². The third kappa shape index (κ3) is 3.13. The van der Waals surface area contributed by atoms with E-state index >= 15 is 0 Å². The van der Waals surface area contributed by atoms with Crippen molar-refractivity contribution in [3.8, 4) is 11.5 Å². The summed E-state index contributed by atoms with van der Waals surface area (Å²) in [6.45, 7) is 0. The van der Waals surface area contributed by atoms with Crippen LogP contribution in [0.3, 0.4) is 0 Å². The van der Waals surface area contributed by atoms with Crippen molar-refractivity contribution in [2.75, 3.05) is 14.2 Å². The lowest BCUT2D eigenvalue weighted by Crippen LogP contribution is -2.01. The van der Waals surface area contributed by atoms with Crippen LogP contribution in [-0.4, -0.2) is 25.0 Å². The van der Waals surface area contributed by atoms with E-state index in [4.69, 9.17) is 9.47 Å². The molecular weight excluding hydrogens is 302 g/mol. The summed E-state index contributed by atoms with van der Waals surface area (Å²) < 4.78 is 10.5. The zero-order chi connectivity index (χ0) is 16.9. The Kier molecular flexibility index (Phi) is 4.57. The monoisotopic (exact) mass is 319 g/mol. The number of carbonyl (C=O) groups is 1. The molecule has 3 aromatic rings. The number of benzene rings is 2. The highest BCUT2D eigenvalue weighted by molar-refractivity contribution is 6.09. The van der Waals surface area contributed by atoms with Crippen LogP contribution >= 0.6 is 0 Å². The summed E-state index contributed by atoms with van der Waals surface area (Å²) in [7, 11) is 3.07. The summed E-state index contributed by atoms with van der Waals surface area (Å²) >= 11 is 0. The summed E-state index contributed by atoms with van der Waals surface area (Å²) in [4.78, 5) is 16.6. The molecule has 120 valence electrons. The molecule has 1 heterocycles. The van der Waals surface area contributed by atoms with Gasteiger partial charge in [0.05, 0.1) is 19.8 Å². The van der Waals surface area contributed by atoms with E-state index in [0.29, 0.717) is 17.1 Å². The fraction of sp³-hybridized carbons (Fsp3) is 0.100. The number of fused-ring (bicyclic) bond motifs is 1. The standard InChI is InChI=1S/C20H17NO3/c1-23-19-5-3-4-17(20(19)24-2)18(22)9-7-14-6-8-16-13-21-11-10-15(16)12-14/h3-13H,1-2H3/b9-7+. The number of aromatic nitrogens is 1. The van der Waals surface area contributed by atoms with E-state index in [-0.39, 0.29) is 5.78 Å². The normalized spacial score (nSPS) is 10.9. The number of rotatable bonds is 5. The molecule has 0 aliphatic carbocycles. The maximum Gasteiger partial charge on any atom is 0.189 e. The number of hydrogen-bond donors (Lipinski definition) is 0. The van der Waals surface area contributed by atoms with Crippen LogP contribution in [0.25, 0.3) is 16.8 Å². The van der Waals surface area contributed by atoms with Crippen LogP contribution in [0.15, 0.2) is 60.9 Å². The molecule has 0 atom stereocenters. The first-order valence-electron chi connectivity index (χ1n) is 7.50. The molecule has 0 fully saturated rings. The Hall–Kier alpha value is -3.14. The first-order valence-corrected chi connectivity index (χ1v) is 7.50. The first-order chi connectivity index (χ1) is 11.7. The quantitative estimate of drug-likeness (QED) is 0.523. The Morgan fingerprint density at radius 1 is 1.04 bits per heavy atom. The van der Waals surface area contributed by atoms with Gasteiger partial charge in [0, 0.05) is 17.8 Å². The lowest BCUT2D eigenvalue weighted by Gasteiger charge is -2.10. The Morgan fingerprint density at radius 2 is 1.92 bits per heavy atom. The number of carbonyl (C=O) groups excluding carboxylic acids is 1. The lowest BCUT2D eigenvalue weighted by atomic mass is 10.1. The van der Waals surface area contributed by atoms with Crippen LogP contribution in [0.1, 0.15) is 15.9 Å². The predicted molar refractivity (Wildman–Crippen MR) is 94.7 cm³/mol. The maximum atomic E-state index is 12.5. The van der Waals surface area contributed by atoms with E-state index in [0.717, 1.165) is 16.3 Å². The predicted octanol–water partition coefficient (Wildman–Crippen LogP) is 4.15. The van der Waals surface area contributed by atoms with Gasteiger partial charge in [0.25, 0.3) is 0 Å².